The Morgan fingerprint density at radius 3 is 2.54 bits per heavy atom. The van der Waals surface area contributed by atoms with Gasteiger partial charge in [-0.3, -0.25) is 4.90 Å². The second-order valence-corrected chi connectivity index (χ2v) is 8.17. The van der Waals surface area contributed by atoms with E-state index in [0.29, 0.717) is 5.92 Å². The van der Waals surface area contributed by atoms with Gasteiger partial charge in [0.15, 0.2) is 0 Å². The van der Waals surface area contributed by atoms with Crippen molar-refractivity contribution >= 4 is 5.69 Å². The van der Waals surface area contributed by atoms with Crippen LogP contribution in [0.4, 0.5) is 10.1 Å². The molecule has 3 rings (SSSR count). The molecule has 0 bridgehead atoms. The fraction of sp³-hybridized carbons (Fsp3) is 0.500. The molecule has 1 aromatic heterocycles. The first-order valence-corrected chi connectivity index (χ1v) is 9.88. The molecule has 2 heterocycles. The van der Waals surface area contributed by atoms with Gasteiger partial charge in [-0.1, -0.05) is 13.8 Å². The van der Waals surface area contributed by atoms with Crippen LogP contribution < -0.4 is 4.90 Å². The van der Waals surface area contributed by atoms with Gasteiger partial charge in [-0.15, -0.1) is 0 Å². The van der Waals surface area contributed by atoms with Crippen molar-refractivity contribution in [3.63, 3.8) is 0 Å². The Labute approximate surface area is 166 Å². The zero-order valence-corrected chi connectivity index (χ0v) is 17.1. The molecule has 1 saturated heterocycles. The molecule has 148 valence electrons. The topological polar surface area (TPSA) is 56.1 Å². The van der Waals surface area contributed by atoms with Gasteiger partial charge in [-0.2, -0.15) is 15.5 Å². The summed E-state index contributed by atoms with van der Waals surface area (Å²) in [5.41, 5.74) is 2.76. The van der Waals surface area contributed by atoms with E-state index in [1.165, 1.54) is 6.07 Å². The van der Waals surface area contributed by atoms with Gasteiger partial charge < -0.3 is 4.90 Å². The van der Waals surface area contributed by atoms with Gasteiger partial charge in [-0.05, 0) is 56.0 Å². The van der Waals surface area contributed by atoms with Gasteiger partial charge in [0.2, 0.25) is 0 Å². The maximum Gasteiger partial charge on any atom is 0.143 e. The van der Waals surface area contributed by atoms with Crippen LogP contribution in [0.2, 0.25) is 0 Å². The largest absolute Gasteiger partial charge is 0.367 e. The third-order valence-corrected chi connectivity index (χ3v) is 5.30. The molecule has 0 radical (unpaired) electrons. The molecule has 0 amide bonds. The fourth-order valence-corrected chi connectivity index (χ4v) is 4.07. The van der Waals surface area contributed by atoms with Crippen molar-refractivity contribution in [3.05, 3.63) is 53.1 Å². The number of rotatable bonds is 5. The molecule has 1 fully saturated rings. The predicted molar refractivity (Wildman–Crippen MR) is 108 cm³/mol. The van der Waals surface area contributed by atoms with E-state index in [0.717, 1.165) is 43.0 Å². The highest BCUT2D eigenvalue weighted by molar-refractivity contribution is 5.62. The Morgan fingerprint density at radius 2 is 1.96 bits per heavy atom. The molecule has 0 N–H and O–H groups in total. The lowest BCUT2D eigenvalue weighted by molar-refractivity contribution is 0.121. The van der Waals surface area contributed by atoms with Crippen LogP contribution >= 0.6 is 0 Å². The van der Waals surface area contributed by atoms with Crippen molar-refractivity contribution in [2.75, 3.05) is 18.0 Å². The van der Waals surface area contributed by atoms with Crippen LogP contribution in [0.25, 0.3) is 0 Å². The predicted octanol–water partition coefficient (Wildman–Crippen LogP) is 3.79. The number of anilines is 1. The van der Waals surface area contributed by atoms with Crippen LogP contribution in [0.3, 0.4) is 0 Å². The first-order valence-electron chi connectivity index (χ1n) is 9.88. The number of hydrogen-bond acceptors (Lipinski definition) is 5. The van der Waals surface area contributed by atoms with Crippen molar-refractivity contribution in [2.24, 2.45) is 5.92 Å². The van der Waals surface area contributed by atoms with E-state index in [9.17, 15) is 9.65 Å². The summed E-state index contributed by atoms with van der Waals surface area (Å²) >= 11 is 0. The number of piperazine rings is 1. The number of benzene rings is 1. The monoisotopic (exact) mass is 381 g/mol. The summed E-state index contributed by atoms with van der Waals surface area (Å²) < 4.78 is 14.6. The van der Waals surface area contributed by atoms with Crippen molar-refractivity contribution in [1.82, 2.24) is 15.1 Å². The van der Waals surface area contributed by atoms with E-state index in [4.69, 9.17) is 0 Å². The highest BCUT2D eigenvalue weighted by atomic mass is 19.1. The highest BCUT2D eigenvalue weighted by Gasteiger charge is 2.31. The fourth-order valence-electron chi connectivity index (χ4n) is 4.07. The summed E-state index contributed by atoms with van der Waals surface area (Å²) in [6.07, 6.45) is 2.48. The Kier molecular flexibility index (Phi) is 6.25. The number of nitrogens with zero attached hydrogens (tertiary/aromatic N) is 5. The van der Waals surface area contributed by atoms with E-state index in [2.05, 4.69) is 53.8 Å². The molecule has 5 nitrogen and oxygen atoms in total. The van der Waals surface area contributed by atoms with E-state index in [1.807, 2.05) is 18.2 Å². The lowest BCUT2D eigenvalue weighted by Crippen LogP contribution is -2.56. The Bertz CT molecular complexity index is 834. The Balaban J connectivity index is 1.84. The van der Waals surface area contributed by atoms with Gasteiger partial charge in [0.25, 0.3) is 0 Å². The maximum absolute atomic E-state index is 14.6. The lowest BCUT2D eigenvalue weighted by atomic mass is 9.98. The van der Waals surface area contributed by atoms with E-state index >= 15 is 0 Å². The van der Waals surface area contributed by atoms with E-state index < -0.39 is 5.82 Å². The average molecular weight is 381 g/mol. The molecule has 1 aliphatic heterocycles. The summed E-state index contributed by atoms with van der Waals surface area (Å²) in [7, 11) is 0. The number of aromatic nitrogens is 2. The van der Waals surface area contributed by atoms with Crippen LogP contribution in [0.1, 0.15) is 44.5 Å². The van der Waals surface area contributed by atoms with Gasteiger partial charge in [0, 0.05) is 37.9 Å². The summed E-state index contributed by atoms with van der Waals surface area (Å²) in [5.74, 6) is 0.0137. The Hall–Kier alpha value is -2.52. The van der Waals surface area contributed by atoms with Crippen LogP contribution in [0.5, 0.6) is 0 Å². The molecule has 28 heavy (non-hydrogen) atoms. The zero-order valence-electron chi connectivity index (χ0n) is 17.1. The normalized spacial score (nSPS) is 20.4. The van der Waals surface area contributed by atoms with Crippen LogP contribution in [-0.2, 0) is 13.0 Å². The molecule has 0 aliphatic carbocycles. The summed E-state index contributed by atoms with van der Waals surface area (Å²) in [6, 6.07) is 9.96. The van der Waals surface area contributed by atoms with Gasteiger partial charge >= 0.3 is 0 Å². The SMILES string of the molecule is CC(C)Cc1cc(F)c(C#N)c(N2CC(C)N(Cc3cccnn3)C(C)C2)c1. The molecule has 2 atom stereocenters. The minimum Gasteiger partial charge on any atom is -0.367 e. The van der Waals surface area contributed by atoms with Gasteiger partial charge in [0.05, 0.1) is 11.4 Å². The maximum atomic E-state index is 14.6. The molecule has 2 aromatic rings. The Morgan fingerprint density at radius 1 is 1.25 bits per heavy atom. The molecular formula is C22H28FN5. The number of halogens is 1. The molecule has 1 aliphatic rings. The number of nitriles is 1. The summed E-state index contributed by atoms with van der Waals surface area (Å²) in [4.78, 5) is 4.55. The first kappa shape index (κ1) is 20.2. The third kappa shape index (κ3) is 4.48. The minimum absolute atomic E-state index is 0.147. The van der Waals surface area contributed by atoms with Crippen molar-refractivity contribution in [2.45, 2.75) is 52.7 Å². The average Bonchev–Trinajstić information content (AvgIpc) is 2.64. The lowest BCUT2D eigenvalue weighted by Gasteiger charge is -2.45. The molecule has 2 unspecified atom stereocenters. The van der Waals surface area contributed by atoms with E-state index in [1.54, 1.807) is 6.20 Å². The van der Waals surface area contributed by atoms with Crippen molar-refractivity contribution in [1.29, 1.82) is 5.26 Å². The van der Waals surface area contributed by atoms with Gasteiger partial charge in [0.1, 0.15) is 17.4 Å². The highest BCUT2D eigenvalue weighted by Crippen LogP contribution is 2.30. The van der Waals surface area contributed by atoms with Crippen LogP contribution in [0, 0.1) is 23.1 Å². The third-order valence-electron chi connectivity index (χ3n) is 5.30. The molecule has 0 spiro atoms. The first-order chi connectivity index (χ1) is 13.4. The smallest absolute Gasteiger partial charge is 0.143 e. The van der Waals surface area contributed by atoms with Crippen LogP contribution in [-0.4, -0.2) is 40.3 Å². The number of hydrogen-bond donors (Lipinski definition) is 0. The van der Waals surface area contributed by atoms with Crippen molar-refractivity contribution < 1.29 is 4.39 Å². The van der Waals surface area contributed by atoms with E-state index in [-0.39, 0.29) is 17.6 Å². The quantitative estimate of drug-likeness (QED) is 0.789. The van der Waals surface area contributed by atoms with Crippen molar-refractivity contribution in [3.8, 4) is 6.07 Å². The molecule has 1 aromatic carbocycles. The molecule has 6 heteroatoms. The van der Waals surface area contributed by atoms with Gasteiger partial charge in [-0.25, -0.2) is 4.39 Å². The molecular weight excluding hydrogens is 353 g/mol. The van der Waals surface area contributed by atoms with Crippen LogP contribution in [0.15, 0.2) is 30.5 Å². The second kappa shape index (κ2) is 8.66. The zero-order chi connectivity index (χ0) is 20.3. The minimum atomic E-state index is -0.419. The summed E-state index contributed by atoms with van der Waals surface area (Å²) in [5, 5.41) is 17.7. The standard InChI is InChI=1S/C22H28FN5/c1-15(2)8-18-9-21(23)20(11-24)22(10-18)27-12-16(3)28(17(4)13-27)14-19-6-5-7-25-26-19/h5-7,9-10,15-17H,8,12-14H2,1-4H3. The molecule has 0 saturated carbocycles. The summed E-state index contributed by atoms with van der Waals surface area (Å²) in [6.45, 7) is 10.8. The second-order valence-electron chi connectivity index (χ2n) is 8.17.